The molecule has 0 radical (unpaired) electrons. The molecule has 1 saturated heterocycles. The smallest absolute Gasteiger partial charge is 0.243 e. The molecular weight excluding hydrogens is 272 g/mol. The van der Waals surface area contributed by atoms with Gasteiger partial charge in [0.2, 0.25) is 17.7 Å². The number of nitrogens with one attached hydrogen (secondary N) is 2. The van der Waals surface area contributed by atoms with Crippen molar-refractivity contribution in [2.45, 2.75) is 46.3 Å². The third-order valence-electron chi connectivity index (χ3n) is 3.45. The van der Waals surface area contributed by atoms with E-state index in [2.05, 4.69) is 10.6 Å². The molecule has 0 aromatic heterocycles. The fraction of sp³-hybridized carbons (Fsp3) is 0.786. The van der Waals surface area contributed by atoms with Gasteiger partial charge < -0.3 is 16.0 Å². The van der Waals surface area contributed by atoms with E-state index in [1.165, 1.54) is 0 Å². The summed E-state index contributed by atoms with van der Waals surface area (Å²) in [6.45, 7) is 8.00. The fourth-order valence-corrected chi connectivity index (χ4v) is 2.55. The summed E-state index contributed by atoms with van der Waals surface area (Å²) in [7, 11) is 0. The maximum Gasteiger partial charge on any atom is 0.243 e. The zero-order chi connectivity index (χ0) is 16.2. The van der Waals surface area contributed by atoms with E-state index in [9.17, 15) is 14.4 Å². The molecule has 1 heterocycles. The van der Waals surface area contributed by atoms with E-state index in [0.717, 1.165) is 0 Å². The van der Waals surface area contributed by atoms with Crippen molar-refractivity contribution in [1.82, 2.24) is 15.5 Å². The summed E-state index contributed by atoms with van der Waals surface area (Å²) >= 11 is 0. The first-order valence-corrected chi connectivity index (χ1v) is 7.34. The molecule has 0 spiro atoms. The maximum atomic E-state index is 12.3. The third kappa shape index (κ3) is 4.70. The van der Waals surface area contributed by atoms with Gasteiger partial charge in [0, 0.05) is 0 Å². The molecule has 1 fully saturated rings. The third-order valence-corrected chi connectivity index (χ3v) is 3.45. The Morgan fingerprint density at radius 3 is 2.48 bits per heavy atom. The number of hydrogen-bond donors (Lipinski definition) is 3. The molecule has 1 aliphatic heterocycles. The first kappa shape index (κ1) is 17.4. The number of carbonyl (C=O) groups is 3. The van der Waals surface area contributed by atoms with Crippen molar-refractivity contribution in [1.29, 1.82) is 0 Å². The molecule has 1 aliphatic rings. The van der Waals surface area contributed by atoms with Gasteiger partial charge in [0.1, 0.15) is 6.04 Å². The lowest BCUT2D eigenvalue weighted by atomic mass is 9.99. The minimum Gasteiger partial charge on any atom is -0.368 e. The molecule has 2 atom stereocenters. The minimum atomic E-state index is -0.599. The Labute approximate surface area is 125 Å². The number of carbonyl (C=O) groups excluding carboxylic acids is 3. The lowest BCUT2D eigenvalue weighted by Gasteiger charge is -2.34. The molecule has 21 heavy (non-hydrogen) atoms. The standard InChI is InChI=1S/C14H26N4O3/c1-8(2)5-10(14(21)17-6-11(15)19)18-12(20)7-16-13(18)9(3)4/h8-10,13,16H,5-7H2,1-4H3,(H2,15,19)(H,17,21). The molecule has 7 nitrogen and oxygen atoms in total. The Morgan fingerprint density at radius 2 is 2.00 bits per heavy atom. The molecule has 7 heteroatoms. The van der Waals surface area contributed by atoms with Crippen LogP contribution in [0.4, 0.5) is 0 Å². The SMILES string of the molecule is CC(C)CC(C(=O)NCC(N)=O)N1C(=O)CNC1C(C)C. The molecule has 0 bridgehead atoms. The van der Waals surface area contributed by atoms with E-state index >= 15 is 0 Å². The molecule has 4 N–H and O–H groups in total. The highest BCUT2D eigenvalue weighted by Gasteiger charge is 2.40. The van der Waals surface area contributed by atoms with Crippen LogP contribution in [0.2, 0.25) is 0 Å². The molecule has 0 aromatic carbocycles. The summed E-state index contributed by atoms with van der Waals surface area (Å²) in [5, 5.41) is 5.64. The van der Waals surface area contributed by atoms with Crippen LogP contribution in [0, 0.1) is 11.8 Å². The van der Waals surface area contributed by atoms with Crippen molar-refractivity contribution in [3.05, 3.63) is 0 Å². The van der Waals surface area contributed by atoms with Crippen LogP contribution in [-0.4, -0.2) is 47.9 Å². The van der Waals surface area contributed by atoms with Gasteiger partial charge in [-0.15, -0.1) is 0 Å². The molecular formula is C14H26N4O3. The van der Waals surface area contributed by atoms with Crippen molar-refractivity contribution in [3.63, 3.8) is 0 Å². The first-order valence-electron chi connectivity index (χ1n) is 7.34. The minimum absolute atomic E-state index is 0.0893. The quantitative estimate of drug-likeness (QED) is 0.584. The van der Waals surface area contributed by atoms with E-state index in [-0.39, 0.29) is 42.9 Å². The summed E-state index contributed by atoms with van der Waals surface area (Å²) in [6, 6.07) is -0.584. The number of nitrogens with zero attached hydrogens (tertiary/aromatic N) is 1. The number of rotatable bonds is 7. The molecule has 2 unspecified atom stereocenters. The zero-order valence-electron chi connectivity index (χ0n) is 13.2. The number of nitrogens with two attached hydrogens (primary N) is 1. The Hall–Kier alpha value is -1.63. The first-order chi connectivity index (χ1) is 9.73. The Bertz CT molecular complexity index is 409. The van der Waals surface area contributed by atoms with E-state index in [4.69, 9.17) is 5.73 Å². The van der Waals surface area contributed by atoms with Crippen molar-refractivity contribution in [2.75, 3.05) is 13.1 Å². The number of amides is 3. The predicted molar refractivity (Wildman–Crippen MR) is 78.9 cm³/mol. The van der Waals surface area contributed by atoms with Crippen LogP contribution in [0.5, 0.6) is 0 Å². The van der Waals surface area contributed by atoms with Crippen LogP contribution in [0.25, 0.3) is 0 Å². The second-order valence-corrected chi connectivity index (χ2v) is 6.20. The number of primary amides is 1. The molecule has 1 rings (SSSR count). The van der Waals surface area contributed by atoms with Gasteiger partial charge in [-0.3, -0.25) is 19.7 Å². The highest BCUT2D eigenvalue weighted by Crippen LogP contribution is 2.21. The van der Waals surface area contributed by atoms with E-state index in [1.54, 1.807) is 4.90 Å². The summed E-state index contributed by atoms with van der Waals surface area (Å²) in [6.07, 6.45) is 0.377. The van der Waals surface area contributed by atoms with E-state index < -0.39 is 11.9 Å². The van der Waals surface area contributed by atoms with Crippen LogP contribution in [0.1, 0.15) is 34.1 Å². The largest absolute Gasteiger partial charge is 0.368 e. The van der Waals surface area contributed by atoms with Crippen LogP contribution >= 0.6 is 0 Å². The van der Waals surface area contributed by atoms with Crippen LogP contribution < -0.4 is 16.4 Å². The van der Waals surface area contributed by atoms with Gasteiger partial charge in [0.05, 0.1) is 19.3 Å². The average Bonchev–Trinajstić information content (AvgIpc) is 2.74. The monoisotopic (exact) mass is 298 g/mol. The Morgan fingerprint density at radius 1 is 1.38 bits per heavy atom. The lowest BCUT2D eigenvalue weighted by Crippen LogP contribution is -2.55. The Balaban J connectivity index is 2.91. The average molecular weight is 298 g/mol. The van der Waals surface area contributed by atoms with E-state index in [1.807, 2.05) is 27.7 Å². The van der Waals surface area contributed by atoms with Crippen LogP contribution in [0.3, 0.4) is 0 Å². The normalized spacial score (nSPS) is 20.2. The van der Waals surface area contributed by atoms with Crippen molar-refractivity contribution >= 4 is 17.7 Å². The van der Waals surface area contributed by atoms with Gasteiger partial charge in [-0.25, -0.2) is 0 Å². The summed E-state index contributed by atoms with van der Waals surface area (Å²) in [5.74, 6) is -0.581. The van der Waals surface area contributed by atoms with Gasteiger partial charge in [-0.2, -0.15) is 0 Å². The highest BCUT2D eigenvalue weighted by molar-refractivity contribution is 5.91. The lowest BCUT2D eigenvalue weighted by molar-refractivity contribution is -0.140. The summed E-state index contributed by atoms with van der Waals surface area (Å²) < 4.78 is 0. The molecule has 0 saturated carbocycles. The van der Waals surface area contributed by atoms with Gasteiger partial charge in [0.15, 0.2) is 0 Å². The van der Waals surface area contributed by atoms with Gasteiger partial charge >= 0.3 is 0 Å². The second-order valence-electron chi connectivity index (χ2n) is 6.20. The molecule has 3 amide bonds. The predicted octanol–water partition coefficient (Wildman–Crippen LogP) is -0.583. The summed E-state index contributed by atoms with van der Waals surface area (Å²) in [5.41, 5.74) is 5.05. The zero-order valence-corrected chi connectivity index (χ0v) is 13.2. The fourth-order valence-electron chi connectivity index (χ4n) is 2.55. The maximum absolute atomic E-state index is 12.3. The van der Waals surface area contributed by atoms with Crippen molar-refractivity contribution in [3.8, 4) is 0 Å². The van der Waals surface area contributed by atoms with E-state index in [0.29, 0.717) is 6.42 Å². The van der Waals surface area contributed by atoms with Crippen molar-refractivity contribution < 1.29 is 14.4 Å². The van der Waals surface area contributed by atoms with Gasteiger partial charge in [0.25, 0.3) is 0 Å². The molecule has 0 aliphatic carbocycles. The van der Waals surface area contributed by atoms with Crippen molar-refractivity contribution in [2.24, 2.45) is 17.6 Å². The van der Waals surface area contributed by atoms with Crippen LogP contribution in [-0.2, 0) is 14.4 Å². The topological polar surface area (TPSA) is 105 Å². The number of hydrogen-bond acceptors (Lipinski definition) is 4. The summed E-state index contributed by atoms with van der Waals surface area (Å²) in [4.78, 5) is 36.9. The second kappa shape index (κ2) is 7.40. The Kier molecular flexibility index (Phi) is 6.14. The molecule has 120 valence electrons. The van der Waals surface area contributed by atoms with Gasteiger partial charge in [-0.05, 0) is 18.3 Å². The van der Waals surface area contributed by atoms with Crippen LogP contribution in [0.15, 0.2) is 0 Å². The molecule has 0 aromatic rings. The van der Waals surface area contributed by atoms with Gasteiger partial charge in [-0.1, -0.05) is 27.7 Å². The highest BCUT2D eigenvalue weighted by atomic mass is 16.2.